The van der Waals surface area contributed by atoms with E-state index >= 15 is 0 Å². The molecule has 1 aromatic heterocycles. The van der Waals surface area contributed by atoms with Gasteiger partial charge in [-0.1, -0.05) is 0 Å². The number of aromatic nitrogens is 1. The SMILES string of the molecule is CN1CCC(NS(=O)(=O)c2ncccc2N)CC1. The number of hydrogen-bond donors (Lipinski definition) is 2. The monoisotopic (exact) mass is 270 g/mol. The first-order chi connectivity index (χ1) is 8.49. The number of piperidine rings is 1. The van der Waals surface area contributed by atoms with Crippen LogP contribution in [0.15, 0.2) is 23.4 Å². The van der Waals surface area contributed by atoms with Gasteiger partial charge in [0.15, 0.2) is 5.03 Å². The zero-order valence-electron chi connectivity index (χ0n) is 10.3. The van der Waals surface area contributed by atoms with Gasteiger partial charge in [-0.15, -0.1) is 0 Å². The summed E-state index contributed by atoms with van der Waals surface area (Å²) in [5.41, 5.74) is 5.82. The highest BCUT2D eigenvalue weighted by molar-refractivity contribution is 7.89. The van der Waals surface area contributed by atoms with Gasteiger partial charge in [-0.3, -0.25) is 0 Å². The fourth-order valence-electron chi connectivity index (χ4n) is 2.03. The van der Waals surface area contributed by atoms with Crippen LogP contribution in [0.5, 0.6) is 0 Å². The van der Waals surface area contributed by atoms with E-state index in [-0.39, 0.29) is 16.8 Å². The van der Waals surface area contributed by atoms with E-state index in [9.17, 15) is 8.42 Å². The van der Waals surface area contributed by atoms with E-state index in [1.54, 1.807) is 6.07 Å². The minimum Gasteiger partial charge on any atom is -0.396 e. The van der Waals surface area contributed by atoms with Gasteiger partial charge in [0.2, 0.25) is 0 Å². The number of hydrogen-bond acceptors (Lipinski definition) is 5. The molecule has 0 spiro atoms. The fourth-order valence-corrected chi connectivity index (χ4v) is 3.39. The molecule has 0 saturated carbocycles. The highest BCUT2D eigenvalue weighted by Crippen LogP contribution is 2.16. The highest BCUT2D eigenvalue weighted by atomic mass is 32.2. The van der Waals surface area contributed by atoms with Gasteiger partial charge in [0.25, 0.3) is 10.0 Å². The number of nitrogens with zero attached hydrogens (tertiary/aromatic N) is 2. The van der Waals surface area contributed by atoms with E-state index in [1.165, 1.54) is 12.3 Å². The number of likely N-dealkylation sites (tertiary alicyclic amines) is 1. The lowest BCUT2D eigenvalue weighted by Crippen LogP contribution is -2.43. The molecule has 0 atom stereocenters. The molecule has 1 aliphatic rings. The Morgan fingerprint density at radius 2 is 2.11 bits per heavy atom. The van der Waals surface area contributed by atoms with Crippen LogP contribution in [0, 0.1) is 0 Å². The predicted octanol–water partition coefficient (Wildman–Crippen LogP) is 0.0363. The van der Waals surface area contributed by atoms with Crippen LogP contribution < -0.4 is 10.5 Å². The van der Waals surface area contributed by atoms with Crippen molar-refractivity contribution in [3.63, 3.8) is 0 Å². The summed E-state index contributed by atoms with van der Waals surface area (Å²) in [7, 11) is -1.58. The van der Waals surface area contributed by atoms with Crippen molar-refractivity contribution in [2.75, 3.05) is 25.9 Å². The van der Waals surface area contributed by atoms with E-state index in [2.05, 4.69) is 14.6 Å². The van der Waals surface area contributed by atoms with Crippen LogP contribution in [0.3, 0.4) is 0 Å². The van der Waals surface area contributed by atoms with Crippen LogP contribution in [0.4, 0.5) is 5.69 Å². The zero-order chi connectivity index (χ0) is 13.2. The van der Waals surface area contributed by atoms with Crippen molar-refractivity contribution in [2.24, 2.45) is 0 Å². The smallest absolute Gasteiger partial charge is 0.260 e. The molecule has 2 heterocycles. The largest absolute Gasteiger partial charge is 0.396 e. The summed E-state index contributed by atoms with van der Waals surface area (Å²) in [6, 6.07) is 3.12. The number of anilines is 1. The third-order valence-electron chi connectivity index (χ3n) is 3.10. The minimum atomic E-state index is -3.61. The van der Waals surface area contributed by atoms with Crippen molar-refractivity contribution in [1.29, 1.82) is 0 Å². The van der Waals surface area contributed by atoms with E-state index in [1.807, 2.05) is 7.05 Å². The number of pyridine rings is 1. The third-order valence-corrected chi connectivity index (χ3v) is 4.59. The summed E-state index contributed by atoms with van der Waals surface area (Å²) in [6.07, 6.45) is 3.05. The number of rotatable bonds is 3. The zero-order valence-corrected chi connectivity index (χ0v) is 11.2. The van der Waals surface area contributed by atoms with Crippen LogP contribution >= 0.6 is 0 Å². The van der Waals surface area contributed by atoms with Crippen molar-refractivity contribution >= 4 is 15.7 Å². The molecule has 18 heavy (non-hydrogen) atoms. The molecule has 0 aliphatic carbocycles. The van der Waals surface area contributed by atoms with Crippen molar-refractivity contribution in [1.82, 2.24) is 14.6 Å². The first-order valence-corrected chi connectivity index (χ1v) is 7.39. The fraction of sp³-hybridized carbons (Fsp3) is 0.545. The van der Waals surface area contributed by atoms with Gasteiger partial charge >= 0.3 is 0 Å². The molecule has 1 aliphatic heterocycles. The maximum atomic E-state index is 12.1. The Kier molecular flexibility index (Phi) is 3.84. The second-order valence-electron chi connectivity index (χ2n) is 4.60. The summed E-state index contributed by atoms with van der Waals surface area (Å²) >= 11 is 0. The van der Waals surface area contributed by atoms with Crippen LogP contribution in [0.2, 0.25) is 0 Å². The number of nitrogens with two attached hydrogens (primary N) is 1. The molecule has 1 aromatic rings. The van der Waals surface area contributed by atoms with Crippen molar-refractivity contribution < 1.29 is 8.42 Å². The highest BCUT2D eigenvalue weighted by Gasteiger charge is 2.25. The Labute approximate surface area is 107 Å². The van der Waals surface area contributed by atoms with Gasteiger partial charge in [-0.25, -0.2) is 18.1 Å². The summed E-state index contributed by atoms with van der Waals surface area (Å²) in [5, 5.41) is -0.0797. The van der Waals surface area contributed by atoms with E-state index in [4.69, 9.17) is 5.73 Å². The predicted molar refractivity (Wildman–Crippen MR) is 69.5 cm³/mol. The Hall–Kier alpha value is -1.18. The van der Waals surface area contributed by atoms with Gasteiger partial charge in [0, 0.05) is 12.2 Å². The lowest BCUT2D eigenvalue weighted by atomic mass is 10.1. The standard InChI is InChI=1S/C11H18N4O2S/c1-15-7-4-9(5-8-15)14-18(16,17)11-10(12)3-2-6-13-11/h2-3,6,9,14H,4-5,7-8,12H2,1H3. The Bertz CT molecular complexity index is 510. The molecular weight excluding hydrogens is 252 g/mol. The van der Waals surface area contributed by atoms with E-state index in [0.29, 0.717) is 0 Å². The first kappa shape index (κ1) is 13.3. The molecule has 1 saturated heterocycles. The van der Waals surface area contributed by atoms with Crippen LogP contribution in [0.25, 0.3) is 0 Å². The lowest BCUT2D eigenvalue weighted by molar-refractivity contribution is 0.248. The molecule has 0 amide bonds. The molecule has 3 N–H and O–H groups in total. The van der Waals surface area contributed by atoms with Crippen LogP contribution in [0.1, 0.15) is 12.8 Å². The normalized spacial score (nSPS) is 18.9. The van der Waals surface area contributed by atoms with Crippen molar-refractivity contribution in [2.45, 2.75) is 23.9 Å². The molecule has 1 fully saturated rings. The first-order valence-electron chi connectivity index (χ1n) is 5.90. The number of nitrogens with one attached hydrogen (secondary N) is 1. The Morgan fingerprint density at radius 1 is 1.44 bits per heavy atom. The van der Waals surface area contributed by atoms with Gasteiger partial charge in [-0.2, -0.15) is 0 Å². The molecule has 0 unspecified atom stereocenters. The molecule has 0 aromatic carbocycles. The Morgan fingerprint density at radius 3 is 2.72 bits per heavy atom. The minimum absolute atomic E-state index is 0.0346. The van der Waals surface area contributed by atoms with Crippen LogP contribution in [-0.2, 0) is 10.0 Å². The summed E-state index contributed by atoms with van der Waals surface area (Å²) < 4.78 is 26.9. The lowest BCUT2D eigenvalue weighted by Gasteiger charge is -2.29. The van der Waals surface area contributed by atoms with E-state index in [0.717, 1.165) is 25.9 Å². The van der Waals surface area contributed by atoms with Gasteiger partial charge < -0.3 is 10.6 Å². The molecular formula is C11H18N4O2S. The number of nitrogen functional groups attached to an aromatic ring is 1. The van der Waals surface area contributed by atoms with E-state index < -0.39 is 10.0 Å². The summed E-state index contributed by atoms with van der Waals surface area (Å²) in [6.45, 7) is 1.79. The average molecular weight is 270 g/mol. The van der Waals surface area contributed by atoms with Gasteiger partial charge in [0.1, 0.15) is 0 Å². The van der Waals surface area contributed by atoms with Crippen molar-refractivity contribution in [3.8, 4) is 0 Å². The quantitative estimate of drug-likeness (QED) is 0.809. The van der Waals surface area contributed by atoms with Crippen LogP contribution in [-0.4, -0.2) is 44.5 Å². The molecule has 100 valence electrons. The number of sulfonamides is 1. The van der Waals surface area contributed by atoms with Gasteiger partial charge in [-0.05, 0) is 45.1 Å². The molecule has 7 heteroatoms. The van der Waals surface area contributed by atoms with Gasteiger partial charge in [0.05, 0.1) is 5.69 Å². The third kappa shape index (κ3) is 2.98. The topological polar surface area (TPSA) is 88.3 Å². The second-order valence-corrected chi connectivity index (χ2v) is 6.23. The average Bonchev–Trinajstić information content (AvgIpc) is 2.32. The second kappa shape index (κ2) is 5.21. The summed E-state index contributed by atoms with van der Waals surface area (Å²) in [5.74, 6) is 0. The van der Waals surface area contributed by atoms with Crippen molar-refractivity contribution in [3.05, 3.63) is 18.3 Å². The maximum Gasteiger partial charge on any atom is 0.260 e. The molecule has 0 radical (unpaired) electrons. The maximum absolute atomic E-state index is 12.1. The molecule has 0 bridgehead atoms. The molecule has 6 nitrogen and oxygen atoms in total. The molecule has 2 rings (SSSR count). The Balaban J connectivity index is 2.11. The summed E-state index contributed by atoms with van der Waals surface area (Å²) in [4.78, 5) is 6.03.